The normalized spacial score (nSPS) is 20.0. The van der Waals surface area contributed by atoms with E-state index in [1.807, 2.05) is 6.07 Å². The first-order valence-electron chi connectivity index (χ1n) is 8.14. The zero-order valence-corrected chi connectivity index (χ0v) is 14.3. The molecule has 0 spiro atoms. The highest BCUT2D eigenvalue weighted by atomic mass is 32.2. The van der Waals surface area contributed by atoms with E-state index in [0.29, 0.717) is 18.7 Å². The maximum Gasteiger partial charge on any atom is 0.213 e. The van der Waals surface area contributed by atoms with Crippen molar-refractivity contribution in [3.8, 4) is 0 Å². The molecule has 1 unspecified atom stereocenters. The molecule has 4 heterocycles. The third kappa shape index (κ3) is 2.46. The SMILES string of the molecule is CCS(=O)(=O)N1CCCC(c2[nH]ncc3cnc4nccc4c23)C1. The summed E-state index contributed by atoms with van der Waals surface area (Å²) in [6.07, 6.45) is 7.06. The summed E-state index contributed by atoms with van der Waals surface area (Å²) in [5, 5.41) is 10.3. The molecular weight excluding hydrogens is 326 g/mol. The van der Waals surface area contributed by atoms with E-state index >= 15 is 0 Å². The minimum absolute atomic E-state index is 0.0942. The van der Waals surface area contributed by atoms with Gasteiger partial charge in [-0.05, 0) is 25.8 Å². The fourth-order valence-electron chi connectivity index (χ4n) is 3.51. The van der Waals surface area contributed by atoms with E-state index in [2.05, 4.69) is 20.2 Å². The number of nitrogens with zero attached hydrogens (tertiary/aromatic N) is 4. The van der Waals surface area contributed by atoms with Crippen LogP contribution in [-0.2, 0) is 10.0 Å². The second-order valence-corrected chi connectivity index (χ2v) is 8.41. The molecule has 24 heavy (non-hydrogen) atoms. The van der Waals surface area contributed by atoms with Crippen molar-refractivity contribution in [1.82, 2.24) is 24.5 Å². The standard InChI is InChI=1S/C16H19N5O2S/c1-2-24(22,23)21-7-3-4-11(10-21)15-14-12(9-19-20-15)8-18-16-13(14)5-6-17-16/h5-6,8-9,11,20H,2-4,7,10H2,1H3. The molecule has 7 nitrogen and oxygen atoms in total. The molecule has 4 rings (SSSR count). The van der Waals surface area contributed by atoms with Crippen LogP contribution in [0.15, 0.2) is 24.7 Å². The average molecular weight is 345 g/mol. The van der Waals surface area contributed by atoms with Crippen molar-refractivity contribution in [2.45, 2.75) is 25.7 Å². The molecule has 0 aliphatic carbocycles. The van der Waals surface area contributed by atoms with Crippen LogP contribution >= 0.6 is 0 Å². The molecule has 0 saturated carbocycles. The van der Waals surface area contributed by atoms with Crippen LogP contribution < -0.4 is 0 Å². The van der Waals surface area contributed by atoms with Crippen LogP contribution in [0.25, 0.3) is 21.8 Å². The van der Waals surface area contributed by atoms with Crippen molar-refractivity contribution >= 4 is 31.8 Å². The van der Waals surface area contributed by atoms with E-state index in [1.165, 1.54) is 0 Å². The number of aromatic amines is 1. The second kappa shape index (κ2) is 5.78. The van der Waals surface area contributed by atoms with E-state index in [1.54, 1.807) is 29.8 Å². The maximum atomic E-state index is 12.2. The lowest BCUT2D eigenvalue weighted by molar-refractivity contribution is 0.313. The summed E-state index contributed by atoms with van der Waals surface area (Å²) >= 11 is 0. The molecule has 1 N–H and O–H groups in total. The number of fused-ring (bicyclic) bond motifs is 3. The molecule has 1 aliphatic rings. The maximum absolute atomic E-state index is 12.2. The Morgan fingerprint density at radius 2 is 2.21 bits per heavy atom. The number of nitrogens with one attached hydrogen (secondary N) is 1. The van der Waals surface area contributed by atoms with Gasteiger partial charge in [0.25, 0.3) is 0 Å². The molecule has 0 radical (unpaired) electrons. The molecule has 8 heteroatoms. The van der Waals surface area contributed by atoms with Crippen LogP contribution in [0.4, 0.5) is 0 Å². The lowest BCUT2D eigenvalue weighted by Crippen LogP contribution is -2.40. The van der Waals surface area contributed by atoms with Crippen molar-refractivity contribution < 1.29 is 8.42 Å². The number of piperidine rings is 1. The largest absolute Gasteiger partial charge is 0.282 e. The number of hydrogen-bond donors (Lipinski definition) is 1. The summed E-state index contributed by atoms with van der Waals surface area (Å²) in [5.41, 5.74) is 1.68. The van der Waals surface area contributed by atoms with Gasteiger partial charge < -0.3 is 0 Å². The first-order chi connectivity index (χ1) is 11.6. The number of hydrogen-bond acceptors (Lipinski definition) is 5. The van der Waals surface area contributed by atoms with Gasteiger partial charge in [-0.15, -0.1) is 0 Å². The van der Waals surface area contributed by atoms with Crippen LogP contribution in [0.5, 0.6) is 0 Å². The Morgan fingerprint density at radius 3 is 3.04 bits per heavy atom. The predicted octanol–water partition coefficient (Wildman–Crippen LogP) is 2.04. The summed E-state index contributed by atoms with van der Waals surface area (Å²) in [6, 6.07) is 1.95. The fraction of sp³-hybridized carbons (Fsp3) is 0.438. The Bertz CT molecular complexity index is 998. The number of H-pyrrole nitrogens is 1. The highest BCUT2D eigenvalue weighted by molar-refractivity contribution is 7.89. The molecule has 3 aromatic heterocycles. The zero-order chi connectivity index (χ0) is 16.7. The number of pyridine rings is 1. The number of rotatable bonds is 3. The van der Waals surface area contributed by atoms with Gasteiger partial charge in [0.05, 0.1) is 11.9 Å². The van der Waals surface area contributed by atoms with Crippen molar-refractivity contribution in [2.24, 2.45) is 0 Å². The van der Waals surface area contributed by atoms with Gasteiger partial charge in [-0.2, -0.15) is 5.10 Å². The fourth-order valence-corrected chi connectivity index (χ4v) is 4.69. The minimum Gasteiger partial charge on any atom is -0.282 e. The highest BCUT2D eigenvalue weighted by Gasteiger charge is 2.30. The zero-order valence-electron chi connectivity index (χ0n) is 13.4. The Labute approximate surface area is 140 Å². The Balaban J connectivity index is 1.83. The summed E-state index contributed by atoms with van der Waals surface area (Å²) in [5.74, 6) is 0.231. The molecular formula is C16H19N5O2S. The van der Waals surface area contributed by atoms with Crippen LogP contribution in [0.1, 0.15) is 31.4 Å². The molecule has 1 aliphatic heterocycles. The summed E-state index contributed by atoms with van der Waals surface area (Å²) < 4.78 is 26.1. The smallest absolute Gasteiger partial charge is 0.213 e. The van der Waals surface area contributed by atoms with Crippen molar-refractivity contribution in [2.75, 3.05) is 18.8 Å². The topological polar surface area (TPSA) is 91.8 Å². The Morgan fingerprint density at radius 1 is 1.33 bits per heavy atom. The third-order valence-corrected chi connectivity index (χ3v) is 6.62. The van der Waals surface area contributed by atoms with Gasteiger partial charge in [0.15, 0.2) is 5.65 Å². The minimum atomic E-state index is -3.17. The number of sulfonamides is 1. The average Bonchev–Trinajstić information content (AvgIpc) is 3.10. The van der Waals surface area contributed by atoms with Crippen molar-refractivity contribution in [3.05, 3.63) is 30.4 Å². The van der Waals surface area contributed by atoms with Crippen LogP contribution in [0, 0.1) is 0 Å². The van der Waals surface area contributed by atoms with Crippen molar-refractivity contribution in [1.29, 1.82) is 0 Å². The molecule has 0 amide bonds. The summed E-state index contributed by atoms with van der Waals surface area (Å²) in [4.78, 5) is 8.62. The Kier molecular flexibility index (Phi) is 3.73. The van der Waals surface area contributed by atoms with Crippen LogP contribution in [0.2, 0.25) is 0 Å². The van der Waals surface area contributed by atoms with Crippen molar-refractivity contribution in [3.63, 3.8) is 0 Å². The summed E-state index contributed by atoms with van der Waals surface area (Å²) in [7, 11) is -3.17. The lowest BCUT2D eigenvalue weighted by Gasteiger charge is -2.32. The highest BCUT2D eigenvalue weighted by Crippen LogP contribution is 2.34. The quantitative estimate of drug-likeness (QED) is 0.784. The molecule has 1 fully saturated rings. The lowest BCUT2D eigenvalue weighted by atomic mass is 9.92. The monoisotopic (exact) mass is 345 g/mol. The van der Waals surface area contributed by atoms with Gasteiger partial charge in [0.1, 0.15) is 0 Å². The van der Waals surface area contributed by atoms with E-state index in [-0.39, 0.29) is 11.7 Å². The van der Waals surface area contributed by atoms with Gasteiger partial charge >= 0.3 is 0 Å². The van der Waals surface area contributed by atoms with E-state index in [0.717, 1.165) is 34.7 Å². The predicted molar refractivity (Wildman–Crippen MR) is 92.2 cm³/mol. The van der Waals surface area contributed by atoms with Gasteiger partial charge in [-0.3, -0.25) is 5.10 Å². The Hall–Kier alpha value is -2.06. The van der Waals surface area contributed by atoms with E-state index < -0.39 is 10.0 Å². The van der Waals surface area contributed by atoms with E-state index in [9.17, 15) is 8.42 Å². The molecule has 0 bridgehead atoms. The third-order valence-electron chi connectivity index (χ3n) is 4.77. The van der Waals surface area contributed by atoms with Crippen LogP contribution in [-0.4, -0.2) is 51.7 Å². The van der Waals surface area contributed by atoms with Gasteiger partial charge in [-0.25, -0.2) is 22.7 Å². The molecule has 3 aromatic rings. The van der Waals surface area contributed by atoms with Gasteiger partial charge in [0.2, 0.25) is 10.0 Å². The van der Waals surface area contributed by atoms with Gasteiger partial charge in [-0.1, -0.05) is 0 Å². The molecule has 1 saturated heterocycles. The first kappa shape index (κ1) is 15.5. The molecule has 1 atom stereocenters. The van der Waals surface area contributed by atoms with Gasteiger partial charge in [0, 0.05) is 53.3 Å². The van der Waals surface area contributed by atoms with E-state index in [4.69, 9.17) is 0 Å². The summed E-state index contributed by atoms with van der Waals surface area (Å²) in [6.45, 7) is 2.78. The number of aromatic nitrogens is 4. The first-order valence-corrected chi connectivity index (χ1v) is 9.75. The molecule has 0 aromatic carbocycles. The van der Waals surface area contributed by atoms with Crippen LogP contribution in [0.3, 0.4) is 0 Å². The molecule has 126 valence electrons. The second-order valence-electron chi connectivity index (χ2n) is 6.15.